The molecule has 0 spiro atoms. The van der Waals surface area contributed by atoms with E-state index in [2.05, 4.69) is 10.6 Å². The van der Waals surface area contributed by atoms with Crippen LogP contribution in [0.25, 0.3) is 0 Å². The fraction of sp³-hybridized carbons (Fsp3) is 0.462. The van der Waals surface area contributed by atoms with Crippen LogP contribution in [0.5, 0.6) is 5.75 Å². The van der Waals surface area contributed by atoms with Crippen molar-refractivity contribution in [3.8, 4) is 5.75 Å². The van der Waals surface area contributed by atoms with E-state index in [-0.39, 0.29) is 18.3 Å². The first-order valence-corrected chi connectivity index (χ1v) is 6.41. The van der Waals surface area contributed by atoms with Gasteiger partial charge in [0.1, 0.15) is 12.4 Å². The third-order valence-corrected chi connectivity index (χ3v) is 2.66. The number of hydrogen-bond donors (Lipinski definition) is 2. The van der Waals surface area contributed by atoms with Gasteiger partial charge in [0.05, 0.1) is 11.6 Å². The lowest BCUT2D eigenvalue weighted by Gasteiger charge is -2.10. The van der Waals surface area contributed by atoms with Gasteiger partial charge in [-0.05, 0) is 25.2 Å². The molecule has 0 radical (unpaired) electrons. The van der Waals surface area contributed by atoms with Crippen LogP contribution in [-0.4, -0.2) is 39.8 Å². The van der Waals surface area contributed by atoms with Gasteiger partial charge in [-0.3, -0.25) is 4.79 Å². The van der Waals surface area contributed by atoms with Crippen molar-refractivity contribution in [3.63, 3.8) is 0 Å². The van der Waals surface area contributed by atoms with Crippen LogP contribution in [0, 0.1) is 0 Å². The number of halogens is 2. The van der Waals surface area contributed by atoms with E-state index in [0.29, 0.717) is 42.6 Å². The average Bonchev–Trinajstić information content (AvgIpc) is 2.39. The van der Waals surface area contributed by atoms with Crippen molar-refractivity contribution >= 4 is 35.6 Å². The molecule has 0 saturated carbocycles. The number of ether oxygens (including phenoxy) is 2. The van der Waals surface area contributed by atoms with Crippen molar-refractivity contribution in [3.05, 3.63) is 23.2 Å². The Morgan fingerprint density at radius 3 is 2.70 bits per heavy atom. The van der Waals surface area contributed by atoms with Gasteiger partial charge in [0.2, 0.25) is 5.91 Å². The Hall–Kier alpha value is -1.01. The number of anilines is 1. The fourth-order valence-electron chi connectivity index (χ4n) is 1.39. The first kappa shape index (κ1) is 19.0. The highest BCUT2D eigenvalue weighted by molar-refractivity contribution is 6.32. The Morgan fingerprint density at radius 2 is 2.10 bits per heavy atom. The smallest absolute Gasteiger partial charge is 0.225 e. The summed E-state index contributed by atoms with van der Waals surface area (Å²) < 4.78 is 10.3. The average molecular weight is 323 g/mol. The zero-order valence-electron chi connectivity index (χ0n) is 11.6. The summed E-state index contributed by atoms with van der Waals surface area (Å²) in [6.45, 7) is 1.57. The summed E-state index contributed by atoms with van der Waals surface area (Å²) in [5.74, 6) is 0.519. The second-order valence-corrected chi connectivity index (χ2v) is 4.30. The van der Waals surface area contributed by atoms with E-state index < -0.39 is 0 Å². The minimum atomic E-state index is -0.0570. The normalized spacial score (nSPS) is 9.75. The van der Waals surface area contributed by atoms with Crippen molar-refractivity contribution in [1.29, 1.82) is 0 Å². The number of amides is 1. The van der Waals surface area contributed by atoms with Gasteiger partial charge >= 0.3 is 0 Å². The van der Waals surface area contributed by atoms with Gasteiger partial charge < -0.3 is 20.1 Å². The predicted molar refractivity (Wildman–Crippen MR) is 83.2 cm³/mol. The minimum Gasteiger partial charge on any atom is -0.490 e. The molecule has 0 bridgehead atoms. The molecule has 1 aromatic carbocycles. The lowest BCUT2D eigenvalue weighted by molar-refractivity contribution is -0.116. The lowest BCUT2D eigenvalue weighted by Crippen LogP contribution is -2.18. The van der Waals surface area contributed by atoms with E-state index in [4.69, 9.17) is 21.1 Å². The van der Waals surface area contributed by atoms with Gasteiger partial charge in [-0.2, -0.15) is 0 Å². The molecular weight excluding hydrogens is 303 g/mol. The summed E-state index contributed by atoms with van der Waals surface area (Å²) >= 11 is 6.07. The molecule has 0 atom stereocenters. The zero-order valence-corrected chi connectivity index (χ0v) is 13.1. The van der Waals surface area contributed by atoms with Crippen LogP contribution in [0.4, 0.5) is 5.69 Å². The summed E-state index contributed by atoms with van der Waals surface area (Å²) in [4.78, 5) is 11.5. The number of carbonyl (C=O) groups excluding carboxylic acids is 1. The molecule has 0 aliphatic rings. The molecule has 0 unspecified atom stereocenters. The SMILES string of the molecule is CNCCC(=O)Nc1ccc(OCCOC)c(Cl)c1.Cl. The maximum absolute atomic E-state index is 11.5. The molecule has 20 heavy (non-hydrogen) atoms. The molecule has 5 nitrogen and oxygen atoms in total. The van der Waals surface area contributed by atoms with Gasteiger partial charge in [-0.15, -0.1) is 12.4 Å². The third kappa shape index (κ3) is 6.96. The van der Waals surface area contributed by atoms with Gasteiger partial charge in [0.15, 0.2) is 0 Å². The topological polar surface area (TPSA) is 59.6 Å². The zero-order chi connectivity index (χ0) is 14.1. The molecule has 0 aliphatic heterocycles. The number of hydrogen-bond acceptors (Lipinski definition) is 4. The molecule has 0 fully saturated rings. The van der Waals surface area contributed by atoms with Crippen LogP contribution in [0.1, 0.15) is 6.42 Å². The van der Waals surface area contributed by atoms with Gasteiger partial charge in [-0.25, -0.2) is 0 Å². The predicted octanol–water partition coefficient (Wildman–Crippen LogP) is 2.34. The molecule has 1 amide bonds. The van der Waals surface area contributed by atoms with Crippen molar-refractivity contribution in [2.75, 3.05) is 39.2 Å². The molecule has 0 heterocycles. The van der Waals surface area contributed by atoms with Crippen LogP contribution in [0.3, 0.4) is 0 Å². The molecule has 0 aliphatic carbocycles. The largest absolute Gasteiger partial charge is 0.490 e. The first-order valence-electron chi connectivity index (χ1n) is 6.03. The highest BCUT2D eigenvalue weighted by Crippen LogP contribution is 2.27. The third-order valence-electron chi connectivity index (χ3n) is 2.36. The Kier molecular flexibility index (Phi) is 10.2. The lowest BCUT2D eigenvalue weighted by atomic mass is 10.3. The van der Waals surface area contributed by atoms with Crippen molar-refractivity contribution in [1.82, 2.24) is 5.32 Å². The quantitative estimate of drug-likeness (QED) is 0.721. The monoisotopic (exact) mass is 322 g/mol. The number of benzene rings is 1. The van der Waals surface area contributed by atoms with Gasteiger partial charge in [-0.1, -0.05) is 11.6 Å². The van der Waals surface area contributed by atoms with Crippen LogP contribution < -0.4 is 15.4 Å². The summed E-state index contributed by atoms with van der Waals surface area (Å²) in [5, 5.41) is 6.14. The first-order chi connectivity index (χ1) is 9.17. The summed E-state index contributed by atoms with van der Waals surface area (Å²) in [6, 6.07) is 5.15. The number of methoxy groups -OCH3 is 1. The maximum atomic E-state index is 11.5. The maximum Gasteiger partial charge on any atom is 0.225 e. The number of nitrogens with one attached hydrogen (secondary N) is 2. The summed E-state index contributed by atoms with van der Waals surface area (Å²) in [7, 11) is 3.41. The molecule has 7 heteroatoms. The standard InChI is InChI=1S/C13H19ClN2O3.ClH/c1-15-6-5-13(17)16-10-3-4-12(11(14)9-10)19-8-7-18-2;/h3-4,9,15H,5-8H2,1-2H3,(H,16,17);1H. The van der Waals surface area contributed by atoms with E-state index in [0.717, 1.165) is 0 Å². The van der Waals surface area contributed by atoms with Gasteiger partial charge in [0.25, 0.3) is 0 Å². The van der Waals surface area contributed by atoms with Gasteiger partial charge in [0, 0.05) is 25.8 Å². The number of rotatable bonds is 8. The van der Waals surface area contributed by atoms with E-state index >= 15 is 0 Å². The van der Waals surface area contributed by atoms with E-state index in [1.807, 2.05) is 0 Å². The molecular formula is C13H20Cl2N2O3. The van der Waals surface area contributed by atoms with Crippen molar-refractivity contribution < 1.29 is 14.3 Å². The molecule has 2 N–H and O–H groups in total. The fourth-order valence-corrected chi connectivity index (χ4v) is 1.63. The van der Waals surface area contributed by atoms with Crippen molar-refractivity contribution in [2.45, 2.75) is 6.42 Å². The Labute approximate surface area is 130 Å². The highest BCUT2D eigenvalue weighted by Gasteiger charge is 2.06. The van der Waals surface area contributed by atoms with E-state index in [1.54, 1.807) is 32.4 Å². The minimum absolute atomic E-state index is 0. The van der Waals surface area contributed by atoms with Crippen LogP contribution in [0.15, 0.2) is 18.2 Å². The van der Waals surface area contributed by atoms with Crippen LogP contribution in [0.2, 0.25) is 5.02 Å². The second kappa shape index (κ2) is 10.7. The van der Waals surface area contributed by atoms with Crippen LogP contribution >= 0.6 is 24.0 Å². The molecule has 114 valence electrons. The van der Waals surface area contributed by atoms with E-state index in [9.17, 15) is 4.79 Å². The second-order valence-electron chi connectivity index (χ2n) is 3.89. The van der Waals surface area contributed by atoms with Crippen molar-refractivity contribution in [2.24, 2.45) is 0 Å². The molecule has 1 aromatic rings. The van der Waals surface area contributed by atoms with Crippen LogP contribution in [-0.2, 0) is 9.53 Å². The Bertz CT molecular complexity index is 417. The Balaban J connectivity index is 0.00000361. The molecule has 0 aromatic heterocycles. The highest BCUT2D eigenvalue weighted by atomic mass is 35.5. The molecule has 0 saturated heterocycles. The summed E-state index contributed by atoms with van der Waals surface area (Å²) in [5.41, 5.74) is 0.658. The number of carbonyl (C=O) groups is 1. The Morgan fingerprint density at radius 1 is 1.35 bits per heavy atom. The van der Waals surface area contributed by atoms with E-state index in [1.165, 1.54) is 0 Å². The summed E-state index contributed by atoms with van der Waals surface area (Å²) in [6.07, 6.45) is 0.417. The molecule has 1 rings (SSSR count).